The molecular weight excluding hydrogens is 388 g/mol. The van der Waals surface area contributed by atoms with Gasteiger partial charge in [-0.3, -0.25) is 14.4 Å². The van der Waals surface area contributed by atoms with E-state index in [0.29, 0.717) is 13.1 Å². The lowest BCUT2D eigenvalue weighted by Crippen LogP contribution is -2.56. The number of carbonyl (C=O) groups excluding carboxylic acids is 3. The van der Waals surface area contributed by atoms with E-state index < -0.39 is 35.0 Å². The van der Waals surface area contributed by atoms with Crippen LogP contribution < -0.4 is 0 Å². The van der Waals surface area contributed by atoms with Crippen LogP contribution in [0.2, 0.25) is 0 Å². The van der Waals surface area contributed by atoms with Gasteiger partial charge < -0.3 is 24.4 Å². The van der Waals surface area contributed by atoms with Gasteiger partial charge >= 0.3 is 5.97 Å². The predicted molar refractivity (Wildman–Crippen MR) is 107 cm³/mol. The summed E-state index contributed by atoms with van der Waals surface area (Å²) < 4.78 is 11.8. The van der Waals surface area contributed by atoms with Crippen molar-refractivity contribution in [3.63, 3.8) is 0 Å². The van der Waals surface area contributed by atoms with Crippen molar-refractivity contribution in [1.82, 2.24) is 9.80 Å². The summed E-state index contributed by atoms with van der Waals surface area (Å²) >= 11 is 0. The summed E-state index contributed by atoms with van der Waals surface area (Å²) in [4.78, 5) is 43.2. The van der Waals surface area contributed by atoms with E-state index in [1.165, 1.54) is 4.90 Å². The summed E-state index contributed by atoms with van der Waals surface area (Å²) in [5.41, 5.74) is -2.30. The Morgan fingerprint density at radius 1 is 1.10 bits per heavy atom. The van der Waals surface area contributed by atoms with Gasteiger partial charge in [-0.05, 0) is 19.4 Å². The van der Waals surface area contributed by atoms with Crippen molar-refractivity contribution in [1.29, 1.82) is 0 Å². The zero-order valence-electron chi connectivity index (χ0n) is 17.6. The number of aliphatic hydroxyl groups is 1. The molecule has 2 amide bonds. The maximum atomic E-state index is 13.6. The summed E-state index contributed by atoms with van der Waals surface area (Å²) in [5.74, 6) is -2.75. The van der Waals surface area contributed by atoms with Gasteiger partial charge in [0, 0.05) is 19.6 Å². The summed E-state index contributed by atoms with van der Waals surface area (Å²) in [6, 6.07) is -0.910. The number of cyclic esters (lactones) is 1. The average molecular weight is 418 g/mol. The summed E-state index contributed by atoms with van der Waals surface area (Å²) in [6.07, 6.45) is 10.1. The van der Waals surface area contributed by atoms with Crippen molar-refractivity contribution in [3.05, 3.63) is 24.3 Å². The van der Waals surface area contributed by atoms with Crippen LogP contribution >= 0.6 is 0 Å². The van der Waals surface area contributed by atoms with Crippen molar-refractivity contribution in [2.45, 2.75) is 50.4 Å². The number of likely N-dealkylation sites (tertiary alicyclic amines) is 1. The number of hydrogen-bond donors (Lipinski definition) is 1. The van der Waals surface area contributed by atoms with E-state index in [0.717, 1.165) is 19.3 Å². The van der Waals surface area contributed by atoms with Crippen molar-refractivity contribution in [2.75, 3.05) is 32.8 Å². The second-order valence-electron chi connectivity index (χ2n) is 8.68. The largest absolute Gasteiger partial charge is 0.461 e. The Kier molecular flexibility index (Phi) is 5.48. The second-order valence-corrected chi connectivity index (χ2v) is 8.68. The number of aliphatic hydroxyl groups excluding tert-OH is 1. The molecule has 0 aromatic heterocycles. The van der Waals surface area contributed by atoms with Crippen LogP contribution in [0.4, 0.5) is 0 Å². The number of β-amino-alcohol motifs (C(OH)–C–C–N with tert-alkyl or cyclic N) is 1. The quantitative estimate of drug-likeness (QED) is 0.387. The van der Waals surface area contributed by atoms with Crippen LogP contribution in [0.1, 0.15) is 33.1 Å². The van der Waals surface area contributed by atoms with Gasteiger partial charge in [0.05, 0.1) is 18.1 Å². The highest BCUT2D eigenvalue weighted by molar-refractivity contribution is 5.99. The molecule has 0 aromatic rings. The molecule has 0 bridgehead atoms. The van der Waals surface area contributed by atoms with Crippen molar-refractivity contribution >= 4 is 17.8 Å². The van der Waals surface area contributed by atoms with Crippen LogP contribution in [0, 0.1) is 11.8 Å². The molecule has 1 spiro atoms. The Hall–Kier alpha value is -2.19. The van der Waals surface area contributed by atoms with Gasteiger partial charge in [0.1, 0.15) is 24.2 Å². The molecule has 2 saturated heterocycles. The number of nitrogens with zero attached hydrogens (tertiary/aromatic N) is 2. The molecule has 4 aliphatic heterocycles. The second kappa shape index (κ2) is 7.81. The first-order valence-electron chi connectivity index (χ1n) is 10.8. The van der Waals surface area contributed by atoms with Gasteiger partial charge in [-0.2, -0.15) is 0 Å². The molecule has 4 heterocycles. The molecule has 1 unspecified atom stereocenters. The maximum Gasteiger partial charge on any atom is 0.313 e. The number of hydrogen-bond acceptors (Lipinski definition) is 6. The molecule has 2 fully saturated rings. The third-order valence-corrected chi connectivity index (χ3v) is 6.77. The first-order chi connectivity index (χ1) is 14.4. The minimum Gasteiger partial charge on any atom is -0.461 e. The minimum atomic E-state index is -1.26. The molecule has 30 heavy (non-hydrogen) atoms. The number of amides is 2. The Bertz CT molecular complexity index is 794. The molecule has 4 aliphatic rings. The molecule has 0 aromatic carbocycles. The minimum absolute atomic E-state index is 0.0157. The fourth-order valence-corrected chi connectivity index (χ4v) is 5.50. The zero-order valence-corrected chi connectivity index (χ0v) is 17.6. The number of rotatable bonds is 6. The first kappa shape index (κ1) is 21.1. The van der Waals surface area contributed by atoms with E-state index in [2.05, 4.69) is 6.92 Å². The summed E-state index contributed by atoms with van der Waals surface area (Å²) in [7, 11) is 0. The molecule has 8 heteroatoms. The fourth-order valence-electron chi connectivity index (χ4n) is 5.50. The SMILES string of the molecule is CCCCCN1CC=C[C@]23O[C@]4(C)C=CCOC(=O)[C@@H]4[C@H]2C(=O)N(CCO)C3C1=O. The third kappa shape index (κ3) is 3.00. The Labute approximate surface area is 176 Å². The van der Waals surface area contributed by atoms with Crippen LogP contribution in [0.25, 0.3) is 0 Å². The molecule has 0 saturated carbocycles. The van der Waals surface area contributed by atoms with E-state index in [9.17, 15) is 19.5 Å². The van der Waals surface area contributed by atoms with Crippen molar-refractivity contribution in [2.24, 2.45) is 11.8 Å². The Balaban J connectivity index is 1.78. The standard InChI is InChI=1S/C22H30N2O6/c1-3-4-5-10-23-11-6-9-22-15(18(26)24(12-13-25)17(22)19(23)27)16-20(28)29-14-7-8-21(16,2)30-22/h6-9,15-17,25H,3-5,10-14H2,1-2H3/t15-,16-,17?,21+,22-/m0/s1. The van der Waals surface area contributed by atoms with Gasteiger partial charge in [0.25, 0.3) is 0 Å². The number of fused-ring (bicyclic) bond motifs is 2. The lowest BCUT2D eigenvalue weighted by molar-refractivity contribution is -0.158. The lowest BCUT2D eigenvalue weighted by atomic mass is 9.75. The molecule has 1 N–H and O–H groups in total. The van der Waals surface area contributed by atoms with E-state index in [-0.39, 0.29) is 31.6 Å². The normalized spacial score (nSPS) is 37.6. The first-order valence-corrected chi connectivity index (χ1v) is 10.8. The van der Waals surface area contributed by atoms with E-state index in [1.54, 1.807) is 30.1 Å². The predicted octanol–water partition coefficient (Wildman–Crippen LogP) is 0.651. The molecule has 4 rings (SSSR count). The third-order valence-electron chi connectivity index (χ3n) is 6.77. The molecule has 8 nitrogen and oxygen atoms in total. The lowest BCUT2D eigenvalue weighted by Gasteiger charge is -2.37. The van der Waals surface area contributed by atoms with E-state index in [1.807, 2.05) is 6.08 Å². The summed E-state index contributed by atoms with van der Waals surface area (Å²) in [6.45, 7) is 4.78. The Morgan fingerprint density at radius 2 is 1.90 bits per heavy atom. The monoisotopic (exact) mass is 418 g/mol. The highest BCUT2D eigenvalue weighted by atomic mass is 16.6. The van der Waals surface area contributed by atoms with Crippen molar-refractivity contribution < 1.29 is 29.0 Å². The van der Waals surface area contributed by atoms with Crippen LogP contribution in [-0.2, 0) is 23.9 Å². The average Bonchev–Trinajstić information content (AvgIpc) is 2.96. The topological polar surface area (TPSA) is 96.4 Å². The van der Waals surface area contributed by atoms with Gasteiger partial charge in [-0.15, -0.1) is 0 Å². The Morgan fingerprint density at radius 3 is 2.63 bits per heavy atom. The highest BCUT2D eigenvalue weighted by Gasteiger charge is 2.74. The highest BCUT2D eigenvalue weighted by Crippen LogP contribution is 2.57. The number of carbonyl (C=O) groups is 3. The molecular formula is C22H30N2O6. The van der Waals surface area contributed by atoms with E-state index in [4.69, 9.17) is 9.47 Å². The van der Waals surface area contributed by atoms with Crippen LogP contribution in [0.3, 0.4) is 0 Å². The van der Waals surface area contributed by atoms with Crippen molar-refractivity contribution in [3.8, 4) is 0 Å². The molecule has 0 aliphatic carbocycles. The number of ether oxygens (including phenoxy) is 2. The zero-order chi connectivity index (χ0) is 21.5. The van der Waals surface area contributed by atoms with Gasteiger partial charge in [0.15, 0.2) is 0 Å². The van der Waals surface area contributed by atoms with Crippen LogP contribution in [0.15, 0.2) is 24.3 Å². The van der Waals surface area contributed by atoms with Gasteiger partial charge in [0.2, 0.25) is 11.8 Å². The van der Waals surface area contributed by atoms with Gasteiger partial charge in [-0.25, -0.2) is 0 Å². The fraction of sp³-hybridized carbons (Fsp3) is 0.682. The maximum absolute atomic E-state index is 13.6. The van der Waals surface area contributed by atoms with Gasteiger partial charge in [-0.1, -0.05) is 38.0 Å². The summed E-state index contributed by atoms with van der Waals surface area (Å²) in [5, 5.41) is 9.59. The van der Waals surface area contributed by atoms with Crippen LogP contribution in [0.5, 0.6) is 0 Å². The van der Waals surface area contributed by atoms with Crippen LogP contribution in [-0.4, -0.2) is 82.8 Å². The number of esters is 1. The smallest absolute Gasteiger partial charge is 0.313 e. The molecule has 0 radical (unpaired) electrons. The molecule has 164 valence electrons. The molecule has 5 atom stereocenters. The van der Waals surface area contributed by atoms with E-state index >= 15 is 0 Å². The number of unbranched alkanes of at least 4 members (excludes halogenated alkanes) is 2.